The van der Waals surface area contributed by atoms with Gasteiger partial charge in [0, 0.05) is 5.38 Å². The van der Waals surface area contributed by atoms with E-state index in [9.17, 15) is 4.79 Å². The number of aromatic nitrogens is 1. The van der Waals surface area contributed by atoms with Crippen molar-refractivity contribution in [3.05, 3.63) is 11.1 Å². The van der Waals surface area contributed by atoms with Gasteiger partial charge in [0.05, 0.1) is 0 Å². The molecular weight excluding hydrogens is 152 g/mol. The van der Waals surface area contributed by atoms with E-state index in [1.807, 2.05) is 0 Å². The first-order valence-electron chi connectivity index (χ1n) is 2.59. The Bertz CT molecular complexity index is 246. The minimum Gasteiger partial charge on any atom is -0.388 e. The number of anilines is 1. The Morgan fingerprint density at radius 3 is 3.00 bits per heavy atom. The van der Waals surface area contributed by atoms with Gasteiger partial charge in [-0.05, 0) is 0 Å². The van der Waals surface area contributed by atoms with Crippen LogP contribution < -0.4 is 5.73 Å². The first-order chi connectivity index (χ1) is 4.74. The van der Waals surface area contributed by atoms with Crippen LogP contribution in [-0.2, 0) is 0 Å². The number of nitrogens with two attached hydrogens (primary N) is 1. The number of aliphatic hydroxyl groups is 1. The van der Waals surface area contributed by atoms with Gasteiger partial charge < -0.3 is 10.8 Å². The molecule has 1 heterocycles. The summed E-state index contributed by atoms with van der Waals surface area (Å²) in [7, 11) is 0. The zero-order chi connectivity index (χ0) is 7.56. The molecule has 0 fully saturated rings. The molecule has 0 spiro atoms. The molecule has 10 heavy (non-hydrogen) atoms. The van der Waals surface area contributed by atoms with Crippen molar-refractivity contribution in [3.8, 4) is 0 Å². The Balaban J connectivity index is 2.85. The molecule has 0 atom stereocenters. The number of hydrogen-bond donors (Lipinski definition) is 2. The maximum absolute atomic E-state index is 10.7. The molecule has 0 unspecified atom stereocenters. The summed E-state index contributed by atoms with van der Waals surface area (Å²) in [4.78, 5) is 14.3. The fraction of sp³-hybridized carbons (Fsp3) is 0.200. The molecular formula is C5H6N2O2S. The summed E-state index contributed by atoms with van der Waals surface area (Å²) < 4.78 is 0. The topological polar surface area (TPSA) is 76.2 Å². The van der Waals surface area contributed by atoms with Crippen molar-refractivity contribution in [2.24, 2.45) is 0 Å². The average Bonchev–Trinajstić information content (AvgIpc) is 2.34. The van der Waals surface area contributed by atoms with Crippen molar-refractivity contribution in [2.45, 2.75) is 0 Å². The van der Waals surface area contributed by atoms with E-state index in [0.717, 1.165) is 0 Å². The summed E-state index contributed by atoms with van der Waals surface area (Å²) in [6, 6.07) is 0. The van der Waals surface area contributed by atoms with Gasteiger partial charge in [-0.15, -0.1) is 11.3 Å². The molecule has 0 aliphatic heterocycles. The highest BCUT2D eigenvalue weighted by atomic mass is 32.1. The minimum atomic E-state index is -0.511. The molecule has 5 heteroatoms. The van der Waals surface area contributed by atoms with E-state index in [-0.39, 0.29) is 5.69 Å². The highest BCUT2D eigenvalue weighted by Gasteiger charge is 2.06. The van der Waals surface area contributed by atoms with Crippen LogP contribution >= 0.6 is 11.3 Å². The zero-order valence-corrected chi connectivity index (χ0v) is 5.89. The maximum Gasteiger partial charge on any atom is 0.207 e. The molecule has 0 saturated heterocycles. The van der Waals surface area contributed by atoms with Gasteiger partial charge in [-0.25, -0.2) is 4.98 Å². The third-order valence-electron chi connectivity index (χ3n) is 0.951. The number of thiazole rings is 1. The van der Waals surface area contributed by atoms with Crippen molar-refractivity contribution in [2.75, 3.05) is 12.3 Å². The summed E-state index contributed by atoms with van der Waals surface area (Å²) >= 11 is 1.18. The number of carbonyl (C=O) groups excluding carboxylic acids is 1. The van der Waals surface area contributed by atoms with E-state index in [2.05, 4.69) is 4.98 Å². The van der Waals surface area contributed by atoms with Gasteiger partial charge in [0.15, 0.2) is 5.13 Å². The third kappa shape index (κ3) is 1.31. The summed E-state index contributed by atoms with van der Waals surface area (Å²) in [5.41, 5.74) is 5.49. The summed E-state index contributed by atoms with van der Waals surface area (Å²) in [6.07, 6.45) is 0. The summed E-state index contributed by atoms with van der Waals surface area (Å²) in [5, 5.41) is 10.2. The Labute approximate surface area is 61.3 Å². The number of carbonyl (C=O) groups is 1. The predicted octanol–water partition coefficient (Wildman–Crippen LogP) is -0.0997. The largest absolute Gasteiger partial charge is 0.388 e. The zero-order valence-electron chi connectivity index (χ0n) is 5.07. The SMILES string of the molecule is Nc1nc(C(=O)CO)cs1. The van der Waals surface area contributed by atoms with Gasteiger partial charge in [-0.3, -0.25) is 4.79 Å². The second kappa shape index (κ2) is 2.76. The fourth-order valence-corrected chi connectivity index (χ4v) is 1.06. The van der Waals surface area contributed by atoms with Crippen molar-refractivity contribution >= 4 is 22.3 Å². The lowest BCUT2D eigenvalue weighted by Gasteiger charge is -1.85. The molecule has 3 N–H and O–H groups in total. The van der Waals surface area contributed by atoms with Crippen molar-refractivity contribution in [1.29, 1.82) is 0 Å². The number of nitrogens with zero attached hydrogens (tertiary/aromatic N) is 1. The van der Waals surface area contributed by atoms with Gasteiger partial charge in [-0.1, -0.05) is 0 Å². The van der Waals surface area contributed by atoms with E-state index in [4.69, 9.17) is 10.8 Å². The predicted molar refractivity (Wildman–Crippen MR) is 37.9 cm³/mol. The summed E-state index contributed by atoms with van der Waals surface area (Å²) in [6.45, 7) is -0.511. The van der Waals surface area contributed by atoms with Crippen molar-refractivity contribution in [1.82, 2.24) is 4.98 Å². The van der Waals surface area contributed by atoms with E-state index in [0.29, 0.717) is 5.13 Å². The van der Waals surface area contributed by atoms with Gasteiger partial charge in [0.25, 0.3) is 0 Å². The van der Waals surface area contributed by atoms with E-state index in [1.54, 1.807) is 0 Å². The minimum absolute atomic E-state index is 0.241. The lowest BCUT2D eigenvalue weighted by atomic mass is 10.3. The molecule has 0 saturated carbocycles. The van der Waals surface area contributed by atoms with E-state index >= 15 is 0 Å². The molecule has 0 amide bonds. The monoisotopic (exact) mass is 158 g/mol. The molecule has 1 aromatic heterocycles. The smallest absolute Gasteiger partial charge is 0.207 e. The molecule has 0 radical (unpaired) electrons. The molecule has 0 aliphatic carbocycles. The number of aliphatic hydroxyl groups excluding tert-OH is 1. The average molecular weight is 158 g/mol. The molecule has 0 aliphatic rings. The lowest BCUT2D eigenvalue weighted by Crippen LogP contribution is -2.04. The van der Waals surface area contributed by atoms with E-state index < -0.39 is 12.4 Å². The Kier molecular flexibility index (Phi) is 1.98. The number of Topliss-reactive ketones (excluding diaryl/α,β-unsaturated/α-hetero) is 1. The van der Waals surface area contributed by atoms with Crippen LogP contribution in [0, 0.1) is 0 Å². The first kappa shape index (κ1) is 7.17. The van der Waals surface area contributed by atoms with Crippen molar-refractivity contribution < 1.29 is 9.90 Å². The second-order valence-corrected chi connectivity index (χ2v) is 2.54. The van der Waals surface area contributed by atoms with Crippen LogP contribution in [0.5, 0.6) is 0 Å². The molecule has 0 aromatic carbocycles. The number of rotatable bonds is 2. The molecule has 1 aromatic rings. The highest BCUT2D eigenvalue weighted by molar-refractivity contribution is 7.13. The van der Waals surface area contributed by atoms with Gasteiger partial charge in [-0.2, -0.15) is 0 Å². The van der Waals surface area contributed by atoms with Gasteiger partial charge in [0.2, 0.25) is 5.78 Å². The standard InChI is InChI=1S/C5H6N2O2S/c6-5-7-3(2-10-5)4(9)1-8/h2,8H,1H2,(H2,6,7). The van der Waals surface area contributed by atoms with Crippen LogP contribution in [0.2, 0.25) is 0 Å². The summed E-state index contributed by atoms with van der Waals surface area (Å²) in [5.74, 6) is -0.395. The normalized spacial score (nSPS) is 9.70. The van der Waals surface area contributed by atoms with Crippen LogP contribution in [0.1, 0.15) is 10.5 Å². The second-order valence-electron chi connectivity index (χ2n) is 1.65. The molecule has 4 nitrogen and oxygen atoms in total. The van der Waals surface area contributed by atoms with Gasteiger partial charge >= 0.3 is 0 Å². The number of hydrogen-bond acceptors (Lipinski definition) is 5. The first-order valence-corrected chi connectivity index (χ1v) is 3.47. The molecule has 0 bridgehead atoms. The Morgan fingerprint density at radius 1 is 1.90 bits per heavy atom. The lowest BCUT2D eigenvalue weighted by molar-refractivity contribution is 0.0899. The third-order valence-corrected chi connectivity index (χ3v) is 1.63. The van der Waals surface area contributed by atoms with Crippen molar-refractivity contribution in [3.63, 3.8) is 0 Å². The molecule has 54 valence electrons. The Morgan fingerprint density at radius 2 is 2.60 bits per heavy atom. The number of nitrogen functional groups attached to an aromatic ring is 1. The quantitative estimate of drug-likeness (QED) is 0.589. The van der Waals surface area contributed by atoms with Gasteiger partial charge in [0.1, 0.15) is 12.3 Å². The maximum atomic E-state index is 10.7. The highest BCUT2D eigenvalue weighted by Crippen LogP contribution is 2.10. The van der Waals surface area contributed by atoms with Crippen LogP contribution in [-0.4, -0.2) is 22.5 Å². The van der Waals surface area contributed by atoms with E-state index in [1.165, 1.54) is 16.7 Å². The van der Waals surface area contributed by atoms with Crippen LogP contribution in [0.3, 0.4) is 0 Å². The fourth-order valence-electron chi connectivity index (χ4n) is 0.497. The van der Waals surface area contributed by atoms with Crippen LogP contribution in [0.25, 0.3) is 0 Å². The Hall–Kier alpha value is -0.940. The number of ketones is 1. The molecule has 1 rings (SSSR count). The van der Waals surface area contributed by atoms with Crippen LogP contribution in [0.15, 0.2) is 5.38 Å². The van der Waals surface area contributed by atoms with Crippen LogP contribution in [0.4, 0.5) is 5.13 Å².